The van der Waals surface area contributed by atoms with E-state index in [2.05, 4.69) is 20.4 Å². The molecule has 0 radical (unpaired) electrons. The molecule has 8 heteroatoms. The molecule has 25 heavy (non-hydrogen) atoms. The van der Waals surface area contributed by atoms with Crippen molar-refractivity contribution >= 4 is 0 Å². The number of hydrogen-bond acceptors (Lipinski definition) is 4. The van der Waals surface area contributed by atoms with Crippen LogP contribution in [0.3, 0.4) is 0 Å². The van der Waals surface area contributed by atoms with Crippen molar-refractivity contribution in [1.82, 2.24) is 20.4 Å². The molecule has 126 valence electrons. The molecule has 3 rings (SSSR count). The van der Waals surface area contributed by atoms with Crippen LogP contribution in [-0.4, -0.2) is 20.4 Å². The lowest BCUT2D eigenvalue weighted by molar-refractivity contribution is -0.141. The third kappa shape index (κ3) is 3.35. The summed E-state index contributed by atoms with van der Waals surface area (Å²) in [6.07, 6.45) is -2.57. The van der Waals surface area contributed by atoms with E-state index in [1.54, 1.807) is 6.07 Å². The zero-order chi connectivity index (χ0) is 18.0. The standard InChI is InChI=1S/C17H12F3N5/c1-2-10-5-12(11-3-4-15(22-9-11)17(18,19)20)7-13(6-10)16-14(8-21)23-25-24-16/h3-7,9H,2H2,1H3,(H,23,24,25). The maximum atomic E-state index is 12.7. The predicted molar refractivity (Wildman–Crippen MR) is 84.1 cm³/mol. The highest BCUT2D eigenvalue weighted by molar-refractivity contribution is 5.74. The molecule has 3 aromatic rings. The van der Waals surface area contributed by atoms with E-state index in [4.69, 9.17) is 5.26 Å². The molecule has 2 aromatic heterocycles. The third-order valence-electron chi connectivity index (χ3n) is 3.72. The molecule has 1 aromatic carbocycles. The average Bonchev–Trinajstić information content (AvgIpc) is 3.09. The number of pyridine rings is 1. The predicted octanol–water partition coefficient (Wildman–Crippen LogP) is 3.99. The van der Waals surface area contributed by atoms with E-state index in [-0.39, 0.29) is 5.69 Å². The fourth-order valence-corrected chi connectivity index (χ4v) is 2.44. The van der Waals surface area contributed by atoms with E-state index in [0.717, 1.165) is 11.6 Å². The van der Waals surface area contributed by atoms with Crippen LogP contribution in [0, 0.1) is 11.3 Å². The highest BCUT2D eigenvalue weighted by Crippen LogP contribution is 2.31. The van der Waals surface area contributed by atoms with Gasteiger partial charge >= 0.3 is 6.18 Å². The van der Waals surface area contributed by atoms with Crippen molar-refractivity contribution in [2.75, 3.05) is 0 Å². The maximum Gasteiger partial charge on any atom is 0.433 e. The summed E-state index contributed by atoms with van der Waals surface area (Å²) in [5.41, 5.74) is 2.56. The highest BCUT2D eigenvalue weighted by atomic mass is 19.4. The molecule has 5 nitrogen and oxygen atoms in total. The van der Waals surface area contributed by atoms with Gasteiger partial charge in [-0.25, -0.2) is 5.10 Å². The van der Waals surface area contributed by atoms with Crippen molar-refractivity contribution in [2.24, 2.45) is 0 Å². The van der Waals surface area contributed by atoms with Gasteiger partial charge in [-0.05, 0) is 35.7 Å². The van der Waals surface area contributed by atoms with Gasteiger partial charge in [0.15, 0.2) is 5.69 Å². The van der Waals surface area contributed by atoms with E-state index in [1.807, 2.05) is 25.1 Å². The zero-order valence-electron chi connectivity index (χ0n) is 13.1. The summed E-state index contributed by atoms with van der Waals surface area (Å²) >= 11 is 0. The van der Waals surface area contributed by atoms with Crippen LogP contribution in [0.2, 0.25) is 0 Å². The largest absolute Gasteiger partial charge is 0.433 e. The number of hydrogen-bond donors (Lipinski definition) is 1. The molecular formula is C17H12F3N5. The van der Waals surface area contributed by atoms with Crippen molar-refractivity contribution in [3.8, 4) is 28.5 Å². The van der Waals surface area contributed by atoms with Gasteiger partial charge in [0.2, 0.25) is 0 Å². The Labute approximate surface area is 141 Å². The van der Waals surface area contributed by atoms with Gasteiger partial charge in [-0.15, -0.1) is 5.10 Å². The summed E-state index contributed by atoms with van der Waals surface area (Å²) < 4.78 is 38.0. The van der Waals surface area contributed by atoms with Crippen LogP contribution < -0.4 is 0 Å². The minimum Gasteiger partial charge on any atom is -0.251 e. The highest BCUT2D eigenvalue weighted by Gasteiger charge is 2.32. The average molecular weight is 343 g/mol. The van der Waals surface area contributed by atoms with E-state index in [0.29, 0.717) is 28.8 Å². The first kappa shape index (κ1) is 16.6. The smallest absolute Gasteiger partial charge is 0.251 e. The van der Waals surface area contributed by atoms with Crippen molar-refractivity contribution in [3.05, 3.63) is 53.5 Å². The monoisotopic (exact) mass is 343 g/mol. The Morgan fingerprint density at radius 3 is 2.48 bits per heavy atom. The fourth-order valence-electron chi connectivity index (χ4n) is 2.44. The van der Waals surface area contributed by atoms with Gasteiger partial charge in [-0.2, -0.15) is 18.4 Å². The van der Waals surface area contributed by atoms with E-state index in [9.17, 15) is 13.2 Å². The molecule has 1 N–H and O–H groups in total. The van der Waals surface area contributed by atoms with E-state index >= 15 is 0 Å². The van der Waals surface area contributed by atoms with Gasteiger partial charge in [-0.3, -0.25) is 4.98 Å². The van der Waals surface area contributed by atoms with Crippen LogP contribution in [0.25, 0.3) is 22.4 Å². The molecule has 0 aliphatic rings. The first-order valence-electron chi connectivity index (χ1n) is 7.41. The lowest BCUT2D eigenvalue weighted by Gasteiger charge is -2.09. The van der Waals surface area contributed by atoms with Gasteiger partial charge in [0.1, 0.15) is 17.5 Å². The van der Waals surface area contributed by atoms with Crippen molar-refractivity contribution in [1.29, 1.82) is 5.26 Å². The van der Waals surface area contributed by atoms with Crippen LogP contribution in [0.4, 0.5) is 13.2 Å². The van der Waals surface area contributed by atoms with Gasteiger partial charge in [0.05, 0.1) is 0 Å². The number of nitrogens with zero attached hydrogens (tertiary/aromatic N) is 4. The molecular weight excluding hydrogens is 331 g/mol. The summed E-state index contributed by atoms with van der Waals surface area (Å²) in [5.74, 6) is 0. The first-order valence-corrected chi connectivity index (χ1v) is 7.41. The molecule has 0 saturated carbocycles. The quantitative estimate of drug-likeness (QED) is 0.780. The third-order valence-corrected chi connectivity index (χ3v) is 3.72. The SMILES string of the molecule is CCc1cc(-c2ccc(C(F)(F)F)nc2)cc(-c2nn[nH]c2C#N)c1. The molecule has 0 aliphatic carbocycles. The second kappa shape index (κ2) is 6.36. The molecule has 0 aliphatic heterocycles. The van der Waals surface area contributed by atoms with Crippen LogP contribution in [-0.2, 0) is 12.6 Å². The number of aryl methyl sites for hydroxylation is 1. The lowest BCUT2D eigenvalue weighted by Crippen LogP contribution is -2.07. The summed E-state index contributed by atoms with van der Waals surface area (Å²) in [6, 6.07) is 9.80. The number of alkyl halides is 3. The van der Waals surface area contributed by atoms with Gasteiger partial charge in [-0.1, -0.05) is 24.3 Å². The Balaban J connectivity index is 2.08. The van der Waals surface area contributed by atoms with Crippen molar-refractivity contribution < 1.29 is 13.2 Å². The molecule has 0 fully saturated rings. The number of aromatic nitrogens is 4. The summed E-state index contributed by atoms with van der Waals surface area (Å²) in [7, 11) is 0. The number of benzene rings is 1. The molecule has 0 unspecified atom stereocenters. The number of aromatic amines is 1. The van der Waals surface area contributed by atoms with Crippen LogP contribution in [0.1, 0.15) is 23.9 Å². The molecule has 0 amide bonds. The second-order valence-corrected chi connectivity index (χ2v) is 5.35. The Bertz CT molecular complexity index is 936. The molecule has 2 heterocycles. The topological polar surface area (TPSA) is 78.2 Å². The summed E-state index contributed by atoms with van der Waals surface area (Å²) in [4.78, 5) is 3.50. The Hall–Kier alpha value is -3.21. The van der Waals surface area contributed by atoms with E-state index in [1.165, 1.54) is 12.3 Å². The van der Waals surface area contributed by atoms with Crippen LogP contribution >= 0.6 is 0 Å². The minimum atomic E-state index is -4.47. The van der Waals surface area contributed by atoms with Crippen LogP contribution in [0.15, 0.2) is 36.5 Å². The maximum absolute atomic E-state index is 12.7. The summed E-state index contributed by atoms with van der Waals surface area (Å²) in [6.45, 7) is 1.96. The Kier molecular flexibility index (Phi) is 4.23. The number of rotatable bonds is 3. The van der Waals surface area contributed by atoms with Crippen molar-refractivity contribution in [2.45, 2.75) is 19.5 Å². The van der Waals surface area contributed by atoms with Gasteiger partial charge < -0.3 is 0 Å². The normalized spacial score (nSPS) is 11.3. The minimum absolute atomic E-state index is 0.227. The fraction of sp³-hybridized carbons (Fsp3) is 0.176. The first-order chi connectivity index (χ1) is 11.9. The number of H-pyrrole nitrogens is 1. The second-order valence-electron chi connectivity index (χ2n) is 5.35. The molecule has 0 spiro atoms. The van der Waals surface area contributed by atoms with Gasteiger partial charge in [0.25, 0.3) is 0 Å². The number of nitriles is 1. The number of nitrogens with one attached hydrogen (secondary N) is 1. The molecule has 0 saturated heterocycles. The molecule has 0 atom stereocenters. The Morgan fingerprint density at radius 1 is 1.12 bits per heavy atom. The Morgan fingerprint density at radius 2 is 1.88 bits per heavy atom. The molecule has 0 bridgehead atoms. The summed E-state index contributed by atoms with van der Waals surface area (Å²) in [5, 5.41) is 19.2. The van der Waals surface area contributed by atoms with E-state index < -0.39 is 11.9 Å². The van der Waals surface area contributed by atoms with Crippen LogP contribution in [0.5, 0.6) is 0 Å². The lowest BCUT2D eigenvalue weighted by atomic mass is 9.97. The zero-order valence-corrected chi connectivity index (χ0v) is 13.1. The van der Waals surface area contributed by atoms with Gasteiger partial charge in [0, 0.05) is 17.3 Å². The van der Waals surface area contributed by atoms with Crippen molar-refractivity contribution in [3.63, 3.8) is 0 Å². The number of halogens is 3.